The molecule has 0 aliphatic heterocycles. The van der Waals surface area contributed by atoms with Crippen molar-refractivity contribution >= 4 is 51.3 Å². The third-order valence-electron chi connectivity index (χ3n) is 2.73. The Morgan fingerprint density at radius 3 is 2.59 bits per heavy atom. The molecule has 0 aliphatic rings. The van der Waals surface area contributed by atoms with Gasteiger partial charge in [0.1, 0.15) is 0 Å². The van der Waals surface area contributed by atoms with Gasteiger partial charge in [0.25, 0.3) is 0 Å². The monoisotopic (exact) mass is 396 g/mol. The normalized spacial score (nSPS) is 11.3. The molecular formula is C17H14BrClO2S. The topological polar surface area (TPSA) is 26.3 Å². The average molecular weight is 398 g/mol. The van der Waals surface area contributed by atoms with Crippen LogP contribution in [-0.2, 0) is 9.53 Å². The first-order chi connectivity index (χ1) is 10.6. The molecule has 0 saturated heterocycles. The minimum atomic E-state index is -0.358. The van der Waals surface area contributed by atoms with Gasteiger partial charge in [-0.3, -0.25) is 0 Å². The van der Waals surface area contributed by atoms with E-state index in [4.69, 9.17) is 16.3 Å². The highest BCUT2D eigenvalue weighted by Crippen LogP contribution is 2.35. The molecule has 2 nitrogen and oxygen atoms in total. The first-order valence-electron chi connectivity index (χ1n) is 6.67. The van der Waals surface area contributed by atoms with Gasteiger partial charge in [-0.15, -0.1) is 0 Å². The lowest BCUT2D eigenvalue weighted by Crippen LogP contribution is -2.05. The number of benzene rings is 2. The molecule has 0 N–H and O–H groups in total. The molecule has 2 aromatic rings. The zero-order chi connectivity index (χ0) is 15.9. The van der Waals surface area contributed by atoms with Crippen LogP contribution in [0.25, 0.3) is 6.08 Å². The predicted molar refractivity (Wildman–Crippen MR) is 96.1 cm³/mol. The lowest BCUT2D eigenvalue weighted by Gasteiger charge is -2.09. The van der Waals surface area contributed by atoms with Crippen molar-refractivity contribution in [3.8, 4) is 0 Å². The van der Waals surface area contributed by atoms with Crippen LogP contribution in [0.2, 0.25) is 5.02 Å². The summed E-state index contributed by atoms with van der Waals surface area (Å²) in [6, 6.07) is 15.1. The molecule has 0 aliphatic carbocycles. The molecule has 0 spiro atoms. The van der Waals surface area contributed by atoms with Gasteiger partial charge < -0.3 is 4.74 Å². The number of halogens is 2. The summed E-state index contributed by atoms with van der Waals surface area (Å²) in [5.74, 6) is -0.358. The van der Waals surface area contributed by atoms with E-state index in [0.29, 0.717) is 16.5 Å². The molecule has 22 heavy (non-hydrogen) atoms. The number of carbonyl (C=O) groups is 1. The number of hydrogen-bond acceptors (Lipinski definition) is 3. The van der Waals surface area contributed by atoms with E-state index in [1.165, 1.54) is 11.8 Å². The van der Waals surface area contributed by atoms with Crippen molar-refractivity contribution in [1.29, 1.82) is 0 Å². The molecule has 0 radical (unpaired) electrons. The van der Waals surface area contributed by atoms with Gasteiger partial charge in [0.05, 0.1) is 11.5 Å². The molecule has 0 heterocycles. The number of hydrogen-bond donors (Lipinski definition) is 0. The molecule has 0 bridgehead atoms. The second-order valence-electron chi connectivity index (χ2n) is 4.28. The van der Waals surface area contributed by atoms with E-state index in [0.717, 1.165) is 14.9 Å². The van der Waals surface area contributed by atoms with Gasteiger partial charge in [-0.25, -0.2) is 4.79 Å². The van der Waals surface area contributed by atoms with Crippen molar-refractivity contribution in [2.75, 3.05) is 6.61 Å². The standard InChI is InChI=1S/C17H14BrClO2S/c1-2-21-17(20)16(11-12-7-3-5-9-14(12)19)22-15-10-6-4-8-13(15)18/h3-11H,2H2,1H3/b16-11-. The Labute approximate surface area is 147 Å². The maximum Gasteiger partial charge on any atom is 0.344 e. The van der Waals surface area contributed by atoms with Crippen LogP contribution in [0.4, 0.5) is 0 Å². The smallest absolute Gasteiger partial charge is 0.344 e. The van der Waals surface area contributed by atoms with Crippen molar-refractivity contribution in [3.63, 3.8) is 0 Å². The molecule has 114 valence electrons. The third kappa shape index (κ3) is 4.63. The van der Waals surface area contributed by atoms with Gasteiger partial charge in [0.2, 0.25) is 0 Å². The van der Waals surface area contributed by atoms with Crippen LogP contribution in [0, 0.1) is 0 Å². The summed E-state index contributed by atoms with van der Waals surface area (Å²) in [6.45, 7) is 2.11. The van der Waals surface area contributed by atoms with E-state index in [2.05, 4.69) is 15.9 Å². The minimum Gasteiger partial charge on any atom is -0.462 e. The van der Waals surface area contributed by atoms with Crippen molar-refractivity contribution in [2.45, 2.75) is 11.8 Å². The van der Waals surface area contributed by atoms with Crippen LogP contribution in [0.3, 0.4) is 0 Å². The Balaban J connectivity index is 2.37. The van der Waals surface area contributed by atoms with Crippen LogP contribution >= 0.6 is 39.3 Å². The van der Waals surface area contributed by atoms with Gasteiger partial charge in [0, 0.05) is 14.4 Å². The largest absolute Gasteiger partial charge is 0.462 e. The SMILES string of the molecule is CCOC(=O)/C(=C/c1ccccc1Cl)Sc1ccccc1Br. The second-order valence-corrected chi connectivity index (χ2v) is 6.63. The summed E-state index contributed by atoms with van der Waals surface area (Å²) in [5.41, 5.74) is 0.784. The highest BCUT2D eigenvalue weighted by atomic mass is 79.9. The molecule has 0 saturated carbocycles. The third-order valence-corrected chi connectivity index (χ3v) is 5.10. The molecule has 0 aromatic heterocycles. The van der Waals surface area contributed by atoms with Crippen LogP contribution in [-0.4, -0.2) is 12.6 Å². The Morgan fingerprint density at radius 1 is 1.23 bits per heavy atom. The number of carbonyl (C=O) groups excluding carboxylic acids is 1. The lowest BCUT2D eigenvalue weighted by atomic mass is 10.2. The van der Waals surface area contributed by atoms with Crippen molar-refractivity contribution < 1.29 is 9.53 Å². The van der Waals surface area contributed by atoms with E-state index in [-0.39, 0.29) is 5.97 Å². The Hall–Kier alpha value is -1.23. The summed E-state index contributed by atoms with van der Waals surface area (Å²) in [4.78, 5) is 13.6. The van der Waals surface area contributed by atoms with Crippen molar-refractivity contribution in [2.24, 2.45) is 0 Å². The summed E-state index contributed by atoms with van der Waals surface area (Å²) in [6.07, 6.45) is 1.75. The molecule has 5 heteroatoms. The van der Waals surface area contributed by atoms with Gasteiger partial charge in [0.15, 0.2) is 0 Å². The van der Waals surface area contributed by atoms with Gasteiger partial charge in [-0.05, 0) is 52.7 Å². The van der Waals surface area contributed by atoms with Crippen LogP contribution < -0.4 is 0 Å². The Morgan fingerprint density at radius 2 is 1.91 bits per heavy atom. The summed E-state index contributed by atoms with van der Waals surface area (Å²) >= 11 is 11.0. The fourth-order valence-corrected chi connectivity index (χ4v) is 3.31. The van der Waals surface area contributed by atoms with E-state index in [9.17, 15) is 4.79 Å². The van der Waals surface area contributed by atoms with Gasteiger partial charge in [-0.2, -0.15) is 0 Å². The average Bonchev–Trinajstić information content (AvgIpc) is 2.51. The molecule has 0 fully saturated rings. The van der Waals surface area contributed by atoms with Crippen LogP contribution in [0.15, 0.2) is 62.8 Å². The highest BCUT2D eigenvalue weighted by molar-refractivity contribution is 9.10. The molecule has 0 unspecified atom stereocenters. The number of thioether (sulfide) groups is 1. The second kappa shape index (κ2) is 8.42. The Bertz CT molecular complexity index is 701. The predicted octanol–water partition coefficient (Wildman–Crippen LogP) is 5.80. The number of ether oxygens (including phenoxy) is 1. The fraction of sp³-hybridized carbons (Fsp3) is 0.118. The first-order valence-corrected chi connectivity index (χ1v) is 8.66. The summed E-state index contributed by atoms with van der Waals surface area (Å²) in [7, 11) is 0. The van der Waals surface area contributed by atoms with Crippen molar-refractivity contribution in [1.82, 2.24) is 0 Å². The molecule has 0 amide bonds. The molecule has 2 aromatic carbocycles. The van der Waals surface area contributed by atoms with Crippen molar-refractivity contribution in [3.05, 3.63) is 68.5 Å². The first kappa shape index (κ1) is 17.1. The summed E-state index contributed by atoms with van der Waals surface area (Å²) in [5, 5.41) is 0.594. The van der Waals surface area contributed by atoms with E-state index in [1.807, 2.05) is 42.5 Å². The van der Waals surface area contributed by atoms with Gasteiger partial charge in [-0.1, -0.05) is 53.7 Å². The number of esters is 1. The lowest BCUT2D eigenvalue weighted by molar-refractivity contribution is -0.137. The molecule has 2 rings (SSSR count). The maximum absolute atomic E-state index is 12.2. The number of rotatable bonds is 5. The van der Waals surface area contributed by atoms with E-state index < -0.39 is 0 Å². The Kier molecular flexibility index (Phi) is 6.55. The maximum atomic E-state index is 12.2. The van der Waals surface area contributed by atoms with Gasteiger partial charge >= 0.3 is 5.97 Å². The zero-order valence-corrected chi connectivity index (χ0v) is 15.0. The van der Waals surface area contributed by atoms with Crippen LogP contribution in [0.5, 0.6) is 0 Å². The van der Waals surface area contributed by atoms with Crippen LogP contribution in [0.1, 0.15) is 12.5 Å². The quantitative estimate of drug-likeness (QED) is 0.362. The summed E-state index contributed by atoms with van der Waals surface area (Å²) < 4.78 is 6.07. The fourth-order valence-electron chi connectivity index (χ4n) is 1.71. The molecule has 0 atom stereocenters. The minimum absolute atomic E-state index is 0.329. The van der Waals surface area contributed by atoms with E-state index in [1.54, 1.807) is 19.1 Å². The zero-order valence-electron chi connectivity index (χ0n) is 11.9. The van der Waals surface area contributed by atoms with E-state index >= 15 is 0 Å². The molecular weight excluding hydrogens is 384 g/mol. The highest BCUT2D eigenvalue weighted by Gasteiger charge is 2.15.